The van der Waals surface area contributed by atoms with Crippen LogP contribution in [0.15, 0.2) is 18.2 Å². The van der Waals surface area contributed by atoms with Crippen LogP contribution in [0.2, 0.25) is 0 Å². The SMILES string of the molecule is CCCCCCCCC(CCCCCC)COC(=O)c1cccc(C(=O)OCC(CCCCCC)CCCCCCCC)n1. The fourth-order valence-corrected chi connectivity index (χ4v) is 5.97. The summed E-state index contributed by atoms with van der Waals surface area (Å²) in [5.41, 5.74) is 0.374. The first-order valence-electron chi connectivity index (χ1n) is 18.9. The van der Waals surface area contributed by atoms with Crippen LogP contribution in [0.5, 0.6) is 0 Å². The van der Waals surface area contributed by atoms with E-state index < -0.39 is 11.9 Å². The highest BCUT2D eigenvalue weighted by Crippen LogP contribution is 2.21. The summed E-state index contributed by atoms with van der Waals surface area (Å²) in [6.45, 7) is 9.81. The van der Waals surface area contributed by atoms with Gasteiger partial charge in [-0.3, -0.25) is 0 Å². The van der Waals surface area contributed by atoms with Crippen LogP contribution in [0.3, 0.4) is 0 Å². The maximum absolute atomic E-state index is 13.0. The predicted molar refractivity (Wildman–Crippen MR) is 185 cm³/mol. The third-order valence-corrected chi connectivity index (χ3v) is 8.93. The molecule has 0 bridgehead atoms. The average Bonchev–Trinajstić information content (AvgIpc) is 3.04. The van der Waals surface area contributed by atoms with Crippen LogP contribution in [0.4, 0.5) is 0 Å². The van der Waals surface area contributed by atoms with Gasteiger partial charge in [-0.25, -0.2) is 14.6 Å². The number of rotatable bonds is 30. The molecule has 0 aliphatic carbocycles. The third kappa shape index (κ3) is 20.9. The average molecular weight is 616 g/mol. The number of hydrogen-bond acceptors (Lipinski definition) is 5. The highest BCUT2D eigenvalue weighted by Gasteiger charge is 2.18. The monoisotopic (exact) mass is 616 g/mol. The van der Waals surface area contributed by atoms with Crippen molar-refractivity contribution in [2.45, 2.75) is 182 Å². The van der Waals surface area contributed by atoms with Crippen molar-refractivity contribution in [2.24, 2.45) is 11.8 Å². The van der Waals surface area contributed by atoms with E-state index in [0.717, 1.165) is 25.7 Å². The summed E-state index contributed by atoms with van der Waals surface area (Å²) in [6, 6.07) is 4.98. The first-order valence-corrected chi connectivity index (χ1v) is 18.9. The van der Waals surface area contributed by atoms with Crippen LogP contribution in [0.25, 0.3) is 0 Å². The lowest BCUT2D eigenvalue weighted by molar-refractivity contribution is 0.0406. The van der Waals surface area contributed by atoms with Crippen molar-refractivity contribution in [1.82, 2.24) is 4.98 Å². The number of hydrogen-bond donors (Lipinski definition) is 0. The Balaban J connectivity index is 2.63. The first kappa shape index (κ1) is 40.1. The summed E-state index contributed by atoms with van der Waals surface area (Å²) in [5, 5.41) is 0. The van der Waals surface area contributed by atoms with Crippen LogP contribution in [0, 0.1) is 11.8 Å². The molecule has 0 aliphatic rings. The minimum absolute atomic E-state index is 0.187. The summed E-state index contributed by atoms with van der Waals surface area (Å²) in [6.07, 6.45) is 29.5. The highest BCUT2D eigenvalue weighted by atomic mass is 16.5. The molecule has 5 heteroatoms. The van der Waals surface area contributed by atoms with E-state index in [2.05, 4.69) is 32.7 Å². The Hall–Kier alpha value is -1.91. The lowest BCUT2D eigenvalue weighted by Gasteiger charge is -2.18. The number of carbonyl (C=O) groups is 2. The van der Waals surface area contributed by atoms with Gasteiger partial charge in [-0.2, -0.15) is 0 Å². The smallest absolute Gasteiger partial charge is 0.356 e. The molecule has 0 radical (unpaired) electrons. The molecule has 5 nitrogen and oxygen atoms in total. The molecule has 0 saturated carbocycles. The molecule has 2 unspecified atom stereocenters. The van der Waals surface area contributed by atoms with E-state index in [1.165, 1.54) is 128 Å². The second-order valence-corrected chi connectivity index (χ2v) is 13.1. The van der Waals surface area contributed by atoms with Gasteiger partial charge in [0.1, 0.15) is 11.4 Å². The quantitative estimate of drug-likeness (QED) is 0.0636. The fraction of sp³-hybridized carbons (Fsp3) is 0.821. The van der Waals surface area contributed by atoms with Gasteiger partial charge in [0.15, 0.2) is 0 Å². The predicted octanol–water partition coefficient (Wildman–Crippen LogP) is 12.1. The van der Waals surface area contributed by atoms with Gasteiger partial charge in [-0.15, -0.1) is 0 Å². The zero-order chi connectivity index (χ0) is 32.1. The Morgan fingerprint density at radius 3 is 1.14 bits per heavy atom. The van der Waals surface area contributed by atoms with Gasteiger partial charge < -0.3 is 9.47 Å². The number of pyridine rings is 1. The Bertz CT molecular complexity index is 763. The van der Waals surface area contributed by atoms with Crippen molar-refractivity contribution < 1.29 is 19.1 Å². The van der Waals surface area contributed by atoms with Crippen molar-refractivity contribution in [2.75, 3.05) is 13.2 Å². The summed E-state index contributed by atoms with van der Waals surface area (Å²) in [4.78, 5) is 30.3. The lowest BCUT2D eigenvalue weighted by Crippen LogP contribution is -2.18. The van der Waals surface area contributed by atoms with Crippen LogP contribution < -0.4 is 0 Å². The maximum Gasteiger partial charge on any atom is 0.356 e. The summed E-state index contributed by atoms with van der Waals surface area (Å²) in [5.74, 6) is -0.122. The van der Waals surface area contributed by atoms with Crippen LogP contribution >= 0.6 is 0 Å². The molecule has 1 rings (SSSR count). The van der Waals surface area contributed by atoms with E-state index in [-0.39, 0.29) is 11.4 Å². The molecule has 0 fully saturated rings. The second kappa shape index (κ2) is 28.6. The van der Waals surface area contributed by atoms with Gasteiger partial charge in [0.2, 0.25) is 0 Å². The van der Waals surface area contributed by atoms with Crippen molar-refractivity contribution in [1.29, 1.82) is 0 Å². The maximum atomic E-state index is 13.0. The van der Waals surface area contributed by atoms with Crippen LogP contribution in [-0.4, -0.2) is 30.1 Å². The van der Waals surface area contributed by atoms with E-state index in [1.54, 1.807) is 18.2 Å². The summed E-state index contributed by atoms with van der Waals surface area (Å²) < 4.78 is 11.5. The van der Waals surface area contributed by atoms with E-state index in [9.17, 15) is 9.59 Å². The van der Waals surface area contributed by atoms with E-state index in [1.807, 2.05) is 0 Å². The van der Waals surface area contributed by atoms with Crippen LogP contribution in [-0.2, 0) is 9.47 Å². The molecule has 254 valence electrons. The number of carbonyl (C=O) groups excluding carboxylic acids is 2. The number of nitrogens with zero attached hydrogens (tertiary/aromatic N) is 1. The van der Waals surface area contributed by atoms with Crippen molar-refractivity contribution in [3.63, 3.8) is 0 Å². The molecule has 0 aliphatic heterocycles. The lowest BCUT2D eigenvalue weighted by atomic mass is 9.95. The van der Waals surface area contributed by atoms with Crippen molar-refractivity contribution >= 4 is 11.9 Å². The van der Waals surface area contributed by atoms with Crippen molar-refractivity contribution in [3.8, 4) is 0 Å². The molecule has 1 aromatic heterocycles. The molecule has 44 heavy (non-hydrogen) atoms. The zero-order valence-corrected chi connectivity index (χ0v) is 29.4. The third-order valence-electron chi connectivity index (χ3n) is 8.93. The van der Waals surface area contributed by atoms with Gasteiger partial charge in [-0.05, 0) is 49.7 Å². The Kier molecular flexibility index (Phi) is 26.0. The number of unbranched alkanes of at least 4 members (excludes halogenated alkanes) is 16. The van der Waals surface area contributed by atoms with Gasteiger partial charge in [0, 0.05) is 0 Å². The Morgan fingerprint density at radius 1 is 0.500 bits per heavy atom. The zero-order valence-electron chi connectivity index (χ0n) is 29.4. The molecular weight excluding hydrogens is 546 g/mol. The Labute approximate surface area is 272 Å². The largest absolute Gasteiger partial charge is 0.461 e. The van der Waals surface area contributed by atoms with E-state index in [4.69, 9.17) is 9.47 Å². The molecular formula is C39H69NO4. The molecule has 1 aromatic rings. The van der Waals surface area contributed by atoms with Crippen molar-refractivity contribution in [3.05, 3.63) is 29.6 Å². The molecule has 0 N–H and O–H groups in total. The molecule has 0 aromatic carbocycles. The minimum Gasteiger partial charge on any atom is -0.461 e. The standard InChI is InChI=1S/C39H69NO4/c1-5-9-13-17-19-23-28-34(26-21-15-11-7-3)32-43-38(41)36-30-25-31-37(40-36)39(42)44-33-35(27-22-16-12-8-4)29-24-20-18-14-10-6-2/h25,30-31,34-35H,5-24,26-29,32-33H2,1-4H3. The summed E-state index contributed by atoms with van der Waals surface area (Å²) >= 11 is 0. The molecule has 2 atom stereocenters. The highest BCUT2D eigenvalue weighted by molar-refractivity contribution is 5.91. The van der Waals surface area contributed by atoms with Gasteiger partial charge in [0.25, 0.3) is 0 Å². The first-order chi connectivity index (χ1) is 21.5. The topological polar surface area (TPSA) is 65.5 Å². The van der Waals surface area contributed by atoms with Gasteiger partial charge in [-0.1, -0.05) is 162 Å². The van der Waals surface area contributed by atoms with E-state index >= 15 is 0 Å². The van der Waals surface area contributed by atoms with Gasteiger partial charge in [0.05, 0.1) is 13.2 Å². The minimum atomic E-state index is -0.446. The molecule has 0 spiro atoms. The summed E-state index contributed by atoms with van der Waals surface area (Å²) in [7, 11) is 0. The number of esters is 2. The molecule has 1 heterocycles. The van der Waals surface area contributed by atoms with Crippen LogP contribution in [0.1, 0.15) is 203 Å². The number of aromatic nitrogens is 1. The van der Waals surface area contributed by atoms with E-state index in [0.29, 0.717) is 25.0 Å². The number of ether oxygens (including phenoxy) is 2. The molecule has 0 amide bonds. The normalized spacial score (nSPS) is 12.6. The fourth-order valence-electron chi connectivity index (χ4n) is 5.97. The Morgan fingerprint density at radius 2 is 0.795 bits per heavy atom. The van der Waals surface area contributed by atoms with Gasteiger partial charge >= 0.3 is 11.9 Å². The second-order valence-electron chi connectivity index (χ2n) is 13.1. The molecule has 0 saturated heterocycles.